The first-order valence-electron chi connectivity index (χ1n) is 10.4. The number of halogens is 3. The number of nitro benzene ring substituents is 1. The van der Waals surface area contributed by atoms with Crippen LogP contribution in [-0.2, 0) is 16.1 Å². The molecule has 0 saturated heterocycles. The summed E-state index contributed by atoms with van der Waals surface area (Å²) in [6.07, 6.45) is 1.47. The van der Waals surface area contributed by atoms with E-state index in [1.165, 1.54) is 25.3 Å². The zero-order chi connectivity index (χ0) is 26.0. The van der Waals surface area contributed by atoms with Crippen molar-refractivity contribution in [2.75, 3.05) is 7.11 Å². The van der Waals surface area contributed by atoms with E-state index in [1.54, 1.807) is 43.3 Å². The smallest absolute Gasteiger partial charge is 0.363 e. The number of carbonyl (C=O) groups excluding carboxylic acids is 1. The molecule has 0 amide bonds. The molecule has 0 bridgehead atoms. The minimum atomic E-state index is -0.703. The maximum Gasteiger partial charge on any atom is 0.363 e. The molecule has 0 radical (unpaired) electrons. The Bertz CT molecular complexity index is 1450. The number of cyclic esters (lactones) is 1. The van der Waals surface area contributed by atoms with Gasteiger partial charge in [0.15, 0.2) is 17.2 Å². The van der Waals surface area contributed by atoms with Crippen LogP contribution in [0.5, 0.6) is 11.5 Å². The summed E-state index contributed by atoms with van der Waals surface area (Å²) in [4.78, 5) is 27.4. The van der Waals surface area contributed by atoms with Gasteiger partial charge < -0.3 is 14.2 Å². The van der Waals surface area contributed by atoms with E-state index in [0.717, 1.165) is 5.56 Å². The van der Waals surface area contributed by atoms with Crippen molar-refractivity contribution in [3.05, 3.63) is 102 Å². The molecule has 36 heavy (non-hydrogen) atoms. The number of hydrogen-bond donors (Lipinski definition) is 0. The second-order valence-corrected chi connectivity index (χ2v) is 8.84. The monoisotopic (exact) mass is 546 g/mol. The second-order valence-electron chi connectivity index (χ2n) is 7.61. The van der Waals surface area contributed by atoms with Crippen LogP contribution in [0, 0.1) is 17.0 Å². The maximum absolute atomic E-state index is 12.5. The molecule has 0 N–H and O–H groups in total. The molecule has 0 unspecified atom stereocenters. The van der Waals surface area contributed by atoms with Gasteiger partial charge in [0, 0.05) is 17.2 Å². The van der Waals surface area contributed by atoms with Gasteiger partial charge in [-0.3, -0.25) is 10.1 Å². The summed E-state index contributed by atoms with van der Waals surface area (Å²) in [7, 11) is 1.46. The van der Waals surface area contributed by atoms with E-state index in [2.05, 4.69) is 4.99 Å². The molecule has 0 aromatic heterocycles. The molecule has 0 fully saturated rings. The molecule has 3 aromatic carbocycles. The minimum Gasteiger partial charge on any atom is -0.493 e. The Morgan fingerprint density at radius 1 is 1.08 bits per heavy atom. The molecule has 1 aliphatic heterocycles. The molecule has 184 valence electrons. The first-order valence-corrected chi connectivity index (χ1v) is 11.5. The number of ether oxygens (including phenoxy) is 3. The van der Waals surface area contributed by atoms with E-state index in [9.17, 15) is 14.9 Å². The lowest BCUT2D eigenvalue weighted by Crippen LogP contribution is -2.08. The van der Waals surface area contributed by atoms with Gasteiger partial charge in [-0.15, -0.1) is 0 Å². The summed E-state index contributed by atoms with van der Waals surface area (Å²) in [5, 5.41) is 12.3. The number of hydrogen-bond acceptors (Lipinski definition) is 7. The molecule has 11 heteroatoms. The predicted molar refractivity (Wildman–Crippen MR) is 137 cm³/mol. The number of carbonyl (C=O) groups is 1. The Labute approximate surface area is 220 Å². The Morgan fingerprint density at radius 2 is 1.86 bits per heavy atom. The zero-order valence-corrected chi connectivity index (χ0v) is 21.1. The van der Waals surface area contributed by atoms with E-state index in [-0.39, 0.29) is 28.9 Å². The summed E-state index contributed by atoms with van der Waals surface area (Å²) >= 11 is 18.5. The lowest BCUT2D eigenvalue weighted by Gasteiger charge is -2.14. The zero-order valence-electron chi connectivity index (χ0n) is 18.9. The van der Waals surface area contributed by atoms with E-state index in [1.807, 2.05) is 0 Å². The van der Waals surface area contributed by atoms with Gasteiger partial charge in [-0.2, -0.15) is 0 Å². The summed E-state index contributed by atoms with van der Waals surface area (Å²) in [6.45, 7) is 1.73. The summed E-state index contributed by atoms with van der Waals surface area (Å²) in [6, 6.07) is 12.8. The lowest BCUT2D eigenvalue weighted by molar-refractivity contribution is -0.385. The third-order valence-electron chi connectivity index (χ3n) is 5.28. The Morgan fingerprint density at radius 3 is 2.56 bits per heavy atom. The van der Waals surface area contributed by atoms with Crippen LogP contribution in [0.25, 0.3) is 6.08 Å². The first kappa shape index (κ1) is 25.5. The van der Waals surface area contributed by atoms with Gasteiger partial charge in [-0.1, -0.05) is 46.9 Å². The molecule has 1 heterocycles. The molecule has 1 aliphatic rings. The number of esters is 1. The van der Waals surface area contributed by atoms with E-state index in [0.29, 0.717) is 38.2 Å². The number of rotatable bonds is 7. The van der Waals surface area contributed by atoms with E-state index < -0.39 is 10.9 Å². The fourth-order valence-corrected chi connectivity index (χ4v) is 4.08. The first-order chi connectivity index (χ1) is 17.2. The summed E-state index contributed by atoms with van der Waals surface area (Å²) in [5.41, 5.74) is 1.87. The third-order valence-corrected chi connectivity index (χ3v) is 6.29. The minimum absolute atomic E-state index is 0.00139. The standard InChI is InChI=1S/C25H17Cl3N2O6/c1-13-16(4-3-5-21(13)30(32)33)24-29-20(25(31)36-24)10-15-9-19(28)23(22(11-15)34-2)35-12-14-6-7-17(26)18(27)8-14/h3-11H,12H2,1-2H3/b20-10-. The van der Waals surface area contributed by atoms with E-state index in [4.69, 9.17) is 49.0 Å². The molecular formula is C25H17Cl3N2O6. The van der Waals surface area contributed by atoms with Crippen LogP contribution in [0.1, 0.15) is 22.3 Å². The topological polar surface area (TPSA) is 100 Å². The highest BCUT2D eigenvalue weighted by atomic mass is 35.5. The lowest BCUT2D eigenvalue weighted by atomic mass is 10.1. The number of aliphatic imine (C=N–C) groups is 1. The average Bonchev–Trinajstić information content (AvgIpc) is 3.19. The van der Waals surface area contributed by atoms with Gasteiger partial charge in [0.25, 0.3) is 5.69 Å². The number of nitro groups is 1. The molecule has 8 nitrogen and oxygen atoms in total. The van der Waals surface area contributed by atoms with Crippen molar-refractivity contribution in [3.8, 4) is 11.5 Å². The Balaban J connectivity index is 1.61. The number of nitrogens with zero attached hydrogens (tertiary/aromatic N) is 2. The Hall–Kier alpha value is -3.59. The highest BCUT2D eigenvalue weighted by molar-refractivity contribution is 6.42. The molecule has 0 saturated carbocycles. The van der Waals surface area contributed by atoms with E-state index >= 15 is 0 Å². The average molecular weight is 548 g/mol. The fourth-order valence-electron chi connectivity index (χ4n) is 3.48. The number of methoxy groups -OCH3 is 1. The highest BCUT2D eigenvalue weighted by Crippen LogP contribution is 2.38. The van der Waals surface area contributed by atoms with Crippen LogP contribution in [0.3, 0.4) is 0 Å². The molecule has 0 spiro atoms. The van der Waals surface area contributed by atoms with Crippen LogP contribution in [0.15, 0.2) is 59.2 Å². The maximum atomic E-state index is 12.5. The van der Waals surface area contributed by atoms with Crippen LogP contribution in [0.4, 0.5) is 5.69 Å². The molecule has 3 aromatic rings. The second kappa shape index (κ2) is 10.6. The van der Waals surface area contributed by atoms with Crippen molar-refractivity contribution in [1.29, 1.82) is 0 Å². The van der Waals surface area contributed by atoms with Crippen molar-refractivity contribution in [2.24, 2.45) is 4.99 Å². The molecule has 4 rings (SSSR count). The van der Waals surface area contributed by atoms with Crippen LogP contribution < -0.4 is 9.47 Å². The quantitative estimate of drug-likeness (QED) is 0.140. The van der Waals surface area contributed by atoms with Crippen molar-refractivity contribution in [2.45, 2.75) is 13.5 Å². The normalized spacial score (nSPS) is 14.0. The van der Waals surface area contributed by atoms with Crippen molar-refractivity contribution < 1.29 is 23.9 Å². The molecule has 0 aliphatic carbocycles. The SMILES string of the molecule is COc1cc(/C=C2\N=C(c3cccc([N+](=O)[O-])c3C)OC2=O)cc(Cl)c1OCc1ccc(Cl)c(Cl)c1. The van der Waals surface area contributed by atoms with Gasteiger partial charge >= 0.3 is 5.97 Å². The van der Waals surface area contributed by atoms with Gasteiger partial charge in [0.2, 0.25) is 5.90 Å². The fraction of sp³-hybridized carbons (Fsp3) is 0.120. The van der Waals surface area contributed by atoms with Gasteiger partial charge in [-0.25, -0.2) is 9.79 Å². The van der Waals surface area contributed by atoms with Crippen molar-refractivity contribution in [1.82, 2.24) is 0 Å². The van der Waals surface area contributed by atoms with Crippen molar-refractivity contribution >= 4 is 58.4 Å². The highest BCUT2D eigenvalue weighted by Gasteiger charge is 2.27. The van der Waals surface area contributed by atoms with Crippen LogP contribution >= 0.6 is 34.8 Å². The predicted octanol–water partition coefficient (Wildman–Crippen LogP) is 6.80. The summed E-state index contributed by atoms with van der Waals surface area (Å²) < 4.78 is 16.6. The van der Waals surface area contributed by atoms with Crippen LogP contribution in [-0.4, -0.2) is 23.9 Å². The van der Waals surface area contributed by atoms with Gasteiger partial charge in [-0.05, 0) is 54.5 Å². The van der Waals surface area contributed by atoms with Gasteiger partial charge in [0.1, 0.15) is 6.61 Å². The third kappa shape index (κ3) is 5.31. The molecular weight excluding hydrogens is 531 g/mol. The van der Waals surface area contributed by atoms with Crippen molar-refractivity contribution in [3.63, 3.8) is 0 Å². The van der Waals surface area contributed by atoms with Gasteiger partial charge in [0.05, 0.1) is 27.1 Å². The Kier molecular flexibility index (Phi) is 7.49. The molecule has 0 atom stereocenters. The largest absolute Gasteiger partial charge is 0.493 e. The number of benzene rings is 3. The van der Waals surface area contributed by atoms with Crippen LogP contribution in [0.2, 0.25) is 15.1 Å². The summed E-state index contributed by atoms with van der Waals surface area (Å²) in [5.74, 6) is -0.0877.